The fraction of sp³-hybridized carbons (Fsp3) is 0.375. The number of nitrogens with zero attached hydrogens (tertiary/aromatic N) is 4. The predicted octanol–water partition coefficient (Wildman–Crippen LogP) is 2.29. The summed E-state index contributed by atoms with van der Waals surface area (Å²) in [6.45, 7) is 1.29. The maximum Gasteiger partial charge on any atom is 0.218 e. The Morgan fingerprint density at radius 3 is 2.91 bits per heavy atom. The molecule has 0 spiro atoms. The number of aliphatic imine (C=N–C) groups is 1. The van der Waals surface area contributed by atoms with E-state index in [-0.39, 0.29) is 0 Å². The van der Waals surface area contributed by atoms with Crippen molar-refractivity contribution in [3.05, 3.63) is 46.9 Å². The van der Waals surface area contributed by atoms with Crippen molar-refractivity contribution in [1.82, 2.24) is 19.8 Å². The van der Waals surface area contributed by atoms with Crippen LogP contribution >= 0.6 is 11.6 Å². The average molecular weight is 336 g/mol. The molecule has 0 saturated carbocycles. The molecule has 2 aromatic rings. The van der Waals surface area contributed by atoms with E-state index >= 15 is 0 Å². The van der Waals surface area contributed by atoms with Crippen molar-refractivity contribution in [3.63, 3.8) is 0 Å². The van der Waals surface area contributed by atoms with Crippen molar-refractivity contribution in [1.29, 1.82) is 0 Å². The van der Waals surface area contributed by atoms with E-state index in [9.17, 15) is 0 Å². The molecular weight excluding hydrogens is 314 g/mol. The molecule has 2 heterocycles. The van der Waals surface area contributed by atoms with Gasteiger partial charge in [0.2, 0.25) is 5.88 Å². The van der Waals surface area contributed by atoms with Crippen molar-refractivity contribution in [2.24, 2.45) is 12.0 Å². The van der Waals surface area contributed by atoms with Gasteiger partial charge in [-0.1, -0.05) is 17.7 Å². The standard InChI is InChI=1S/C16H22ClN5O/c1-18-16(20-9-12-6-5-7-19-15(12)23-4)22(3)11-14-8-13(17)10-21(14)2/h5-8,10H,9,11H2,1-4H3,(H,18,20). The second-order valence-corrected chi connectivity index (χ2v) is 5.63. The molecule has 0 saturated heterocycles. The molecule has 0 aliphatic carbocycles. The number of hydrogen-bond donors (Lipinski definition) is 1. The first kappa shape index (κ1) is 17.1. The minimum absolute atomic E-state index is 0.585. The van der Waals surface area contributed by atoms with Gasteiger partial charge >= 0.3 is 0 Å². The van der Waals surface area contributed by atoms with E-state index in [1.54, 1.807) is 20.4 Å². The number of methoxy groups -OCH3 is 1. The highest BCUT2D eigenvalue weighted by Crippen LogP contribution is 2.15. The third-order valence-electron chi connectivity index (χ3n) is 3.53. The molecule has 6 nitrogen and oxygen atoms in total. The minimum atomic E-state index is 0.585. The molecule has 0 unspecified atom stereocenters. The monoisotopic (exact) mass is 335 g/mol. The molecule has 23 heavy (non-hydrogen) atoms. The molecule has 2 aromatic heterocycles. The van der Waals surface area contributed by atoms with Gasteiger partial charge in [-0.05, 0) is 12.1 Å². The number of nitrogens with one attached hydrogen (secondary N) is 1. The van der Waals surface area contributed by atoms with Crippen LogP contribution in [0.25, 0.3) is 0 Å². The van der Waals surface area contributed by atoms with E-state index < -0.39 is 0 Å². The van der Waals surface area contributed by atoms with Crippen LogP contribution in [-0.4, -0.2) is 41.6 Å². The van der Waals surface area contributed by atoms with Crippen molar-refractivity contribution < 1.29 is 4.74 Å². The SMILES string of the molecule is CN=C(NCc1cccnc1OC)N(C)Cc1cc(Cl)cn1C. The molecule has 7 heteroatoms. The van der Waals surface area contributed by atoms with Crippen LogP contribution in [-0.2, 0) is 20.1 Å². The van der Waals surface area contributed by atoms with Gasteiger partial charge in [0, 0.05) is 51.3 Å². The van der Waals surface area contributed by atoms with Gasteiger partial charge in [0.05, 0.1) is 18.7 Å². The summed E-state index contributed by atoms with van der Waals surface area (Å²) < 4.78 is 7.27. The van der Waals surface area contributed by atoms with E-state index in [2.05, 4.69) is 15.3 Å². The molecule has 0 aromatic carbocycles. The second-order valence-electron chi connectivity index (χ2n) is 5.19. The van der Waals surface area contributed by atoms with E-state index in [1.807, 2.05) is 48.0 Å². The van der Waals surface area contributed by atoms with Crippen LogP contribution < -0.4 is 10.1 Å². The highest BCUT2D eigenvalue weighted by Gasteiger charge is 2.11. The predicted molar refractivity (Wildman–Crippen MR) is 92.9 cm³/mol. The molecule has 0 aliphatic rings. The number of rotatable bonds is 5. The maximum absolute atomic E-state index is 6.03. The minimum Gasteiger partial charge on any atom is -0.481 e. The summed E-state index contributed by atoms with van der Waals surface area (Å²) in [5, 5.41) is 4.06. The Balaban J connectivity index is 2.01. The maximum atomic E-state index is 6.03. The fourth-order valence-corrected chi connectivity index (χ4v) is 2.62. The number of hydrogen-bond acceptors (Lipinski definition) is 3. The largest absolute Gasteiger partial charge is 0.481 e. The Labute approximate surface area is 141 Å². The second kappa shape index (κ2) is 7.87. The third kappa shape index (κ3) is 4.39. The van der Waals surface area contributed by atoms with Crippen LogP contribution in [0.3, 0.4) is 0 Å². The molecule has 124 valence electrons. The van der Waals surface area contributed by atoms with E-state index in [0.717, 1.165) is 22.2 Å². The lowest BCUT2D eigenvalue weighted by atomic mass is 10.2. The lowest BCUT2D eigenvalue weighted by Gasteiger charge is -2.22. The summed E-state index contributed by atoms with van der Waals surface area (Å²) in [4.78, 5) is 10.5. The number of halogens is 1. The molecule has 0 bridgehead atoms. The van der Waals surface area contributed by atoms with Crippen LogP contribution in [0.15, 0.2) is 35.6 Å². The van der Waals surface area contributed by atoms with Gasteiger partial charge in [0.25, 0.3) is 0 Å². The highest BCUT2D eigenvalue weighted by atomic mass is 35.5. The van der Waals surface area contributed by atoms with E-state index in [4.69, 9.17) is 16.3 Å². The van der Waals surface area contributed by atoms with Crippen molar-refractivity contribution in [2.75, 3.05) is 21.2 Å². The zero-order valence-electron chi connectivity index (χ0n) is 13.9. The number of pyridine rings is 1. The van der Waals surface area contributed by atoms with Crippen LogP contribution in [0.2, 0.25) is 5.02 Å². The quantitative estimate of drug-likeness (QED) is 0.673. The summed E-state index contributed by atoms with van der Waals surface area (Å²) in [7, 11) is 7.34. The van der Waals surface area contributed by atoms with Gasteiger partial charge in [-0.2, -0.15) is 0 Å². The van der Waals surface area contributed by atoms with E-state index in [0.29, 0.717) is 19.0 Å². The summed E-state index contributed by atoms with van der Waals surface area (Å²) >= 11 is 6.03. The van der Waals surface area contributed by atoms with Crippen molar-refractivity contribution in [2.45, 2.75) is 13.1 Å². The van der Waals surface area contributed by atoms with Crippen LogP contribution in [0.4, 0.5) is 0 Å². The molecule has 0 radical (unpaired) electrons. The Morgan fingerprint density at radius 1 is 1.52 bits per heavy atom. The highest BCUT2D eigenvalue weighted by molar-refractivity contribution is 6.30. The van der Waals surface area contributed by atoms with Gasteiger partial charge in [-0.15, -0.1) is 0 Å². The zero-order chi connectivity index (χ0) is 16.8. The Hall–Kier alpha value is -2.21. The van der Waals surface area contributed by atoms with Crippen molar-refractivity contribution >= 4 is 17.6 Å². The number of aromatic nitrogens is 2. The number of aryl methyl sites for hydroxylation is 1. The molecule has 0 aliphatic heterocycles. The molecule has 0 amide bonds. The summed E-state index contributed by atoms with van der Waals surface area (Å²) in [6.07, 6.45) is 3.60. The molecule has 0 atom stereocenters. The first-order valence-corrected chi connectivity index (χ1v) is 7.63. The van der Waals surface area contributed by atoms with Gasteiger partial charge in [0.1, 0.15) is 0 Å². The third-order valence-corrected chi connectivity index (χ3v) is 3.73. The van der Waals surface area contributed by atoms with Crippen molar-refractivity contribution in [3.8, 4) is 5.88 Å². The normalized spacial score (nSPS) is 11.4. The Kier molecular flexibility index (Phi) is 5.87. The average Bonchev–Trinajstić information content (AvgIpc) is 2.85. The Morgan fingerprint density at radius 2 is 2.30 bits per heavy atom. The van der Waals surface area contributed by atoms with Crippen LogP contribution in [0.1, 0.15) is 11.3 Å². The van der Waals surface area contributed by atoms with E-state index in [1.165, 1.54) is 0 Å². The lowest BCUT2D eigenvalue weighted by Crippen LogP contribution is -2.38. The fourth-order valence-electron chi connectivity index (χ4n) is 2.34. The number of ether oxygens (including phenoxy) is 1. The van der Waals surface area contributed by atoms with Crippen LogP contribution in [0.5, 0.6) is 5.88 Å². The van der Waals surface area contributed by atoms with Crippen LogP contribution in [0, 0.1) is 0 Å². The lowest BCUT2D eigenvalue weighted by molar-refractivity contribution is 0.391. The van der Waals surface area contributed by atoms with Gasteiger partial charge in [-0.25, -0.2) is 4.98 Å². The molecular formula is C16H22ClN5O. The summed E-state index contributed by atoms with van der Waals surface area (Å²) in [6, 6.07) is 5.82. The summed E-state index contributed by atoms with van der Waals surface area (Å²) in [5.74, 6) is 1.40. The van der Waals surface area contributed by atoms with Gasteiger partial charge in [-0.3, -0.25) is 4.99 Å². The zero-order valence-corrected chi connectivity index (χ0v) is 14.6. The summed E-state index contributed by atoms with van der Waals surface area (Å²) in [5.41, 5.74) is 2.09. The first-order chi connectivity index (χ1) is 11.0. The van der Waals surface area contributed by atoms with Gasteiger partial charge < -0.3 is 19.5 Å². The van der Waals surface area contributed by atoms with Gasteiger partial charge in [0.15, 0.2) is 5.96 Å². The Bertz CT molecular complexity index is 683. The first-order valence-electron chi connectivity index (χ1n) is 7.25. The topological polar surface area (TPSA) is 54.7 Å². The molecule has 2 rings (SSSR count). The number of guanidine groups is 1. The molecule has 0 fully saturated rings. The smallest absolute Gasteiger partial charge is 0.218 e. The molecule has 1 N–H and O–H groups in total.